The highest BCUT2D eigenvalue weighted by atomic mass is 16.5. The normalized spacial score (nSPS) is 18.5. The minimum absolute atomic E-state index is 0.0426. The molecule has 5 heteroatoms. The molecule has 1 saturated heterocycles. The average Bonchev–Trinajstić information content (AvgIpc) is 2.80. The summed E-state index contributed by atoms with van der Waals surface area (Å²) in [7, 11) is 3.36. The number of benzene rings is 3. The van der Waals surface area contributed by atoms with Crippen molar-refractivity contribution in [3.63, 3.8) is 0 Å². The maximum absolute atomic E-state index is 8.90. The summed E-state index contributed by atoms with van der Waals surface area (Å²) in [6.07, 6.45) is 4.95. The highest BCUT2D eigenvalue weighted by Gasteiger charge is 2.31. The standard InChI is InChI=1S/C25H26N2O3/c1-28-24-13-21-19-11-16-5-3-4-9-27(16)15-23(19)18-7-6-17(30-10-8-26)12-20(18)22(21)14-25(24)29-2/h6-7,12-14,16H,3-5,9-11,15H2,1-2H3/t16-/m0/s1. The van der Waals surface area contributed by atoms with Crippen LogP contribution in [-0.4, -0.2) is 38.3 Å². The van der Waals surface area contributed by atoms with Gasteiger partial charge in [-0.1, -0.05) is 12.5 Å². The van der Waals surface area contributed by atoms with Crippen LogP contribution in [0.2, 0.25) is 0 Å². The molecule has 0 spiro atoms. The Kier molecular flexibility index (Phi) is 4.88. The summed E-state index contributed by atoms with van der Waals surface area (Å²) in [4.78, 5) is 2.65. The van der Waals surface area contributed by atoms with Gasteiger partial charge in [-0.2, -0.15) is 5.26 Å². The second-order valence-electron chi connectivity index (χ2n) is 8.19. The van der Waals surface area contributed by atoms with E-state index in [2.05, 4.69) is 35.2 Å². The molecular formula is C25H26N2O3. The minimum Gasteiger partial charge on any atom is -0.493 e. The molecule has 0 unspecified atom stereocenters. The third-order valence-electron chi connectivity index (χ3n) is 6.67. The Balaban J connectivity index is 1.80. The second kappa shape index (κ2) is 7.70. The van der Waals surface area contributed by atoms with Crippen molar-refractivity contribution in [2.45, 2.75) is 38.3 Å². The maximum atomic E-state index is 8.90. The third kappa shape index (κ3) is 3.03. The summed E-state index contributed by atoms with van der Waals surface area (Å²) >= 11 is 0. The van der Waals surface area contributed by atoms with E-state index in [0.717, 1.165) is 35.2 Å². The molecule has 5 nitrogen and oxygen atoms in total. The molecule has 1 atom stereocenters. The fraction of sp³-hybridized carbons (Fsp3) is 0.400. The van der Waals surface area contributed by atoms with Crippen LogP contribution in [0.15, 0.2) is 30.3 Å². The lowest BCUT2D eigenvalue weighted by atomic mass is 9.82. The molecule has 2 heterocycles. The van der Waals surface area contributed by atoms with Crippen LogP contribution >= 0.6 is 0 Å². The summed E-state index contributed by atoms with van der Waals surface area (Å²) in [5, 5.41) is 13.7. The van der Waals surface area contributed by atoms with Gasteiger partial charge in [0.1, 0.15) is 11.8 Å². The van der Waals surface area contributed by atoms with E-state index >= 15 is 0 Å². The molecule has 0 N–H and O–H groups in total. The number of hydrogen-bond donors (Lipinski definition) is 0. The monoisotopic (exact) mass is 402 g/mol. The number of fused-ring (bicyclic) bond motifs is 7. The average molecular weight is 402 g/mol. The molecule has 0 radical (unpaired) electrons. The second-order valence-corrected chi connectivity index (χ2v) is 8.19. The van der Waals surface area contributed by atoms with Gasteiger partial charge in [0.2, 0.25) is 0 Å². The smallest absolute Gasteiger partial charge is 0.174 e. The first-order valence-corrected chi connectivity index (χ1v) is 10.6. The molecule has 30 heavy (non-hydrogen) atoms. The van der Waals surface area contributed by atoms with Crippen molar-refractivity contribution in [3.05, 3.63) is 41.5 Å². The van der Waals surface area contributed by atoms with Gasteiger partial charge in [0.15, 0.2) is 18.1 Å². The molecule has 1 fully saturated rings. The van der Waals surface area contributed by atoms with Gasteiger partial charge in [0.25, 0.3) is 0 Å². The van der Waals surface area contributed by atoms with Crippen molar-refractivity contribution in [1.29, 1.82) is 5.26 Å². The van der Waals surface area contributed by atoms with Crippen LogP contribution in [0.5, 0.6) is 17.2 Å². The SMILES string of the molecule is COc1cc2c3c(c4ccc(OCC#N)cc4c2cc1OC)CN1CCCC[C@H]1C3. The number of nitriles is 1. The van der Waals surface area contributed by atoms with E-state index in [1.807, 2.05) is 6.07 Å². The lowest BCUT2D eigenvalue weighted by molar-refractivity contribution is 0.128. The van der Waals surface area contributed by atoms with Crippen molar-refractivity contribution >= 4 is 21.5 Å². The summed E-state index contributed by atoms with van der Waals surface area (Å²) in [6, 6.07) is 13.1. The molecule has 3 aromatic carbocycles. The predicted molar refractivity (Wildman–Crippen MR) is 117 cm³/mol. The Bertz CT molecular complexity index is 1160. The molecule has 2 aliphatic rings. The molecule has 154 valence electrons. The number of ether oxygens (including phenoxy) is 3. The first-order chi connectivity index (χ1) is 14.7. The topological polar surface area (TPSA) is 54.7 Å². The molecular weight excluding hydrogens is 376 g/mol. The zero-order chi connectivity index (χ0) is 20.7. The van der Waals surface area contributed by atoms with Crippen LogP contribution < -0.4 is 14.2 Å². The number of methoxy groups -OCH3 is 2. The highest BCUT2D eigenvalue weighted by Crippen LogP contribution is 2.44. The number of hydrogen-bond acceptors (Lipinski definition) is 5. The quantitative estimate of drug-likeness (QED) is 0.586. The lowest BCUT2D eigenvalue weighted by Crippen LogP contribution is -2.43. The van der Waals surface area contributed by atoms with Crippen LogP contribution in [0.1, 0.15) is 30.4 Å². The third-order valence-corrected chi connectivity index (χ3v) is 6.67. The van der Waals surface area contributed by atoms with Gasteiger partial charge in [0.05, 0.1) is 14.2 Å². The van der Waals surface area contributed by atoms with Gasteiger partial charge in [-0.15, -0.1) is 0 Å². The van der Waals surface area contributed by atoms with E-state index in [0.29, 0.717) is 11.8 Å². The zero-order valence-corrected chi connectivity index (χ0v) is 17.5. The first kappa shape index (κ1) is 19.0. The van der Waals surface area contributed by atoms with Gasteiger partial charge in [-0.05, 0) is 82.7 Å². The summed E-state index contributed by atoms with van der Waals surface area (Å²) < 4.78 is 16.9. The molecule has 0 saturated carbocycles. The van der Waals surface area contributed by atoms with Crippen molar-refractivity contribution in [3.8, 4) is 23.3 Å². The Labute approximate surface area is 176 Å². The van der Waals surface area contributed by atoms with Gasteiger partial charge in [-0.3, -0.25) is 4.90 Å². The molecule has 0 aliphatic carbocycles. The lowest BCUT2D eigenvalue weighted by Gasteiger charge is -2.41. The van der Waals surface area contributed by atoms with Gasteiger partial charge in [-0.25, -0.2) is 0 Å². The van der Waals surface area contributed by atoms with Crippen LogP contribution in [0, 0.1) is 11.3 Å². The summed E-state index contributed by atoms with van der Waals surface area (Å²) in [5.74, 6) is 2.20. The van der Waals surface area contributed by atoms with Gasteiger partial charge in [0, 0.05) is 12.6 Å². The Hall–Kier alpha value is -2.97. The summed E-state index contributed by atoms with van der Waals surface area (Å²) in [6.45, 7) is 2.21. The van der Waals surface area contributed by atoms with Crippen molar-refractivity contribution in [1.82, 2.24) is 4.90 Å². The largest absolute Gasteiger partial charge is 0.493 e. The molecule has 2 aliphatic heterocycles. The van der Waals surface area contributed by atoms with E-state index in [-0.39, 0.29) is 6.61 Å². The van der Waals surface area contributed by atoms with Crippen molar-refractivity contribution in [2.24, 2.45) is 0 Å². The highest BCUT2D eigenvalue weighted by molar-refractivity contribution is 6.12. The van der Waals surface area contributed by atoms with Crippen LogP contribution in [0.3, 0.4) is 0 Å². The fourth-order valence-corrected chi connectivity index (χ4v) is 5.24. The predicted octanol–water partition coefficient (Wildman–Crippen LogP) is 4.82. The molecule has 0 amide bonds. The van der Waals surface area contributed by atoms with E-state index < -0.39 is 0 Å². The number of rotatable bonds is 4. The van der Waals surface area contributed by atoms with E-state index in [1.54, 1.807) is 14.2 Å². The molecule has 0 bridgehead atoms. The summed E-state index contributed by atoms with van der Waals surface area (Å²) in [5.41, 5.74) is 2.85. The van der Waals surface area contributed by atoms with Gasteiger partial charge >= 0.3 is 0 Å². The van der Waals surface area contributed by atoms with Crippen molar-refractivity contribution < 1.29 is 14.2 Å². The molecule has 3 aromatic rings. The Morgan fingerprint density at radius 1 is 0.967 bits per heavy atom. The molecule has 0 aromatic heterocycles. The minimum atomic E-state index is 0.0426. The van der Waals surface area contributed by atoms with E-state index in [4.69, 9.17) is 19.5 Å². The van der Waals surface area contributed by atoms with E-state index in [9.17, 15) is 0 Å². The molecule has 5 rings (SSSR count). The number of piperidine rings is 1. The van der Waals surface area contributed by atoms with Gasteiger partial charge < -0.3 is 14.2 Å². The van der Waals surface area contributed by atoms with Crippen LogP contribution in [-0.2, 0) is 13.0 Å². The van der Waals surface area contributed by atoms with E-state index in [1.165, 1.54) is 47.7 Å². The van der Waals surface area contributed by atoms with Crippen molar-refractivity contribution in [2.75, 3.05) is 27.4 Å². The van der Waals surface area contributed by atoms with Crippen LogP contribution in [0.4, 0.5) is 0 Å². The Morgan fingerprint density at radius 2 is 1.73 bits per heavy atom. The van der Waals surface area contributed by atoms with Crippen LogP contribution in [0.25, 0.3) is 21.5 Å². The maximum Gasteiger partial charge on any atom is 0.174 e. The zero-order valence-electron chi connectivity index (χ0n) is 17.5. The number of nitrogens with zero attached hydrogens (tertiary/aromatic N) is 2. The first-order valence-electron chi connectivity index (χ1n) is 10.6. The Morgan fingerprint density at radius 3 is 2.50 bits per heavy atom. The fourth-order valence-electron chi connectivity index (χ4n) is 5.24.